The molecule has 1 aromatic rings. The standard InChI is InChI=1S/C15H24N2/c1-4-17(13-9-10-13)15(12(3)16)14-8-6-5-7-11(14)2/h5-8,12-13,15H,4,9-10,16H2,1-3H3. The van der Waals surface area contributed by atoms with Gasteiger partial charge in [-0.1, -0.05) is 31.2 Å². The van der Waals surface area contributed by atoms with E-state index in [1.807, 2.05) is 0 Å². The van der Waals surface area contributed by atoms with Crippen LogP contribution < -0.4 is 5.73 Å². The van der Waals surface area contributed by atoms with E-state index < -0.39 is 0 Å². The first kappa shape index (κ1) is 12.6. The lowest BCUT2D eigenvalue weighted by molar-refractivity contribution is 0.175. The third kappa shape index (κ3) is 2.70. The van der Waals surface area contributed by atoms with Crippen LogP contribution in [-0.2, 0) is 0 Å². The zero-order valence-electron chi connectivity index (χ0n) is 11.2. The summed E-state index contributed by atoms with van der Waals surface area (Å²) < 4.78 is 0. The first-order chi connectivity index (χ1) is 8.15. The Morgan fingerprint density at radius 1 is 1.35 bits per heavy atom. The lowest BCUT2D eigenvalue weighted by atomic mass is 9.95. The average molecular weight is 232 g/mol. The quantitative estimate of drug-likeness (QED) is 0.846. The van der Waals surface area contributed by atoms with Crippen LogP contribution in [0.25, 0.3) is 0 Å². The Hall–Kier alpha value is -0.860. The molecule has 0 spiro atoms. The minimum Gasteiger partial charge on any atom is -0.326 e. The molecule has 0 amide bonds. The lowest BCUT2D eigenvalue weighted by Gasteiger charge is -2.35. The normalized spacial score (nSPS) is 19.4. The first-order valence-electron chi connectivity index (χ1n) is 6.72. The van der Waals surface area contributed by atoms with Crippen LogP contribution in [0.5, 0.6) is 0 Å². The maximum atomic E-state index is 6.24. The Balaban J connectivity index is 2.31. The van der Waals surface area contributed by atoms with Crippen molar-refractivity contribution < 1.29 is 0 Å². The largest absolute Gasteiger partial charge is 0.326 e. The van der Waals surface area contributed by atoms with E-state index in [-0.39, 0.29) is 6.04 Å². The maximum absolute atomic E-state index is 6.24. The fourth-order valence-corrected chi connectivity index (χ4v) is 2.77. The summed E-state index contributed by atoms with van der Waals surface area (Å²) in [6.45, 7) is 7.64. The van der Waals surface area contributed by atoms with Crippen molar-refractivity contribution in [3.63, 3.8) is 0 Å². The molecular formula is C15H24N2. The van der Waals surface area contributed by atoms with Crippen molar-refractivity contribution in [1.82, 2.24) is 4.90 Å². The van der Waals surface area contributed by atoms with E-state index in [4.69, 9.17) is 5.73 Å². The van der Waals surface area contributed by atoms with E-state index >= 15 is 0 Å². The molecule has 2 atom stereocenters. The minimum absolute atomic E-state index is 0.177. The molecule has 1 fully saturated rings. The summed E-state index contributed by atoms with van der Waals surface area (Å²) in [7, 11) is 0. The van der Waals surface area contributed by atoms with Crippen molar-refractivity contribution in [2.24, 2.45) is 5.73 Å². The molecule has 1 aliphatic rings. The van der Waals surface area contributed by atoms with Gasteiger partial charge in [-0.05, 0) is 44.4 Å². The van der Waals surface area contributed by atoms with Gasteiger partial charge >= 0.3 is 0 Å². The van der Waals surface area contributed by atoms with Crippen LogP contribution in [0.1, 0.15) is 43.9 Å². The third-order valence-electron chi connectivity index (χ3n) is 3.74. The zero-order chi connectivity index (χ0) is 12.4. The zero-order valence-corrected chi connectivity index (χ0v) is 11.2. The second-order valence-electron chi connectivity index (χ2n) is 5.22. The van der Waals surface area contributed by atoms with Gasteiger partial charge in [-0.3, -0.25) is 4.90 Å². The predicted octanol–water partition coefficient (Wildman–Crippen LogP) is 2.87. The van der Waals surface area contributed by atoms with Crippen molar-refractivity contribution in [2.75, 3.05) is 6.54 Å². The number of hydrogen-bond donors (Lipinski definition) is 1. The molecule has 94 valence electrons. The van der Waals surface area contributed by atoms with Crippen LogP contribution in [0.3, 0.4) is 0 Å². The van der Waals surface area contributed by atoms with Gasteiger partial charge in [0.25, 0.3) is 0 Å². The van der Waals surface area contributed by atoms with Gasteiger partial charge in [0.15, 0.2) is 0 Å². The first-order valence-corrected chi connectivity index (χ1v) is 6.72. The molecule has 1 aromatic carbocycles. The molecule has 0 radical (unpaired) electrons. The molecule has 17 heavy (non-hydrogen) atoms. The number of hydrogen-bond acceptors (Lipinski definition) is 2. The summed E-state index contributed by atoms with van der Waals surface area (Å²) in [5, 5.41) is 0. The smallest absolute Gasteiger partial charge is 0.0501 e. The Kier molecular flexibility index (Phi) is 3.85. The lowest BCUT2D eigenvalue weighted by Crippen LogP contribution is -2.41. The van der Waals surface area contributed by atoms with Gasteiger partial charge < -0.3 is 5.73 Å². The molecule has 2 heteroatoms. The van der Waals surface area contributed by atoms with Gasteiger partial charge in [-0.2, -0.15) is 0 Å². The van der Waals surface area contributed by atoms with Gasteiger partial charge in [0, 0.05) is 12.1 Å². The highest BCUT2D eigenvalue weighted by Gasteiger charge is 2.35. The highest BCUT2D eigenvalue weighted by molar-refractivity contribution is 5.30. The van der Waals surface area contributed by atoms with Crippen LogP contribution in [-0.4, -0.2) is 23.5 Å². The molecule has 2 N–H and O–H groups in total. The monoisotopic (exact) mass is 232 g/mol. The molecule has 0 heterocycles. The molecule has 1 aliphatic carbocycles. The maximum Gasteiger partial charge on any atom is 0.0501 e. The van der Waals surface area contributed by atoms with E-state index in [0.29, 0.717) is 6.04 Å². The van der Waals surface area contributed by atoms with Crippen molar-refractivity contribution in [2.45, 2.75) is 51.7 Å². The minimum atomic E-state index is 0.177. The van der Waals surface area contributed by atoms with Crippen molar-refractivity contribution in [3.8, 4) is 0 Å². The number of benzene rings is 1. The molecule has 2 nitrogen and oxygen atoms in total. The van der Waals surface area contributed by atoms with Crippen molar-refractivity contribution in [3.05, 3.63) is 35.4 Å². The summed E-state index contributed by atoms with van der Waals surface area (Å²) >= 11 is 0. The van der Waals surface area contributed by atoms with Gasteiger partial charge in [0.1, 0.15) is 0 Å². The highest BCUT2D eigenvalue weighted by Crippen LogP contribution is 2.36. The molecule has 1 saturated carbocycles. The van der Waals surface area contributed by atoms with E-state index in [1.165, 1.54) is 24.0 Å². The Bertz CT molecular complexity index is 369. The SMILES string of the molecule is CCN(C1CC1)C(c1ccccc1C)C(C)N. The Morgan fingerprint density at radius 2 is 2.00 bits per heavy atom. The summed E-state index contributed by atoms with van der Waals surface area (Å²) in [6, 6.07) is 9.95. The second-order valence-corrected chi connectivity index (χ2v) is 5.22. The summed E-state index contributed by atoms with van der Waals surface area (Å²) in [5.74, 6) is 0. The van der Waals surface area contributed by atoms with Crippen LogP contribution in [0, 0.1) is 6.92 Å². The highest BCUT2D eigenvalue weighted by atomic mass is 15.2. The van der Waals surface area contributed by atoms with Gasteiger partial charge in [-0.25, -0.2) is 0 Å². The van der Waals surface area contributed by atoms with Crippen LogP contribution >= 0.6 is 0 Å². The topological polar surface area (TPSA) is 29.3 Å². The predicted molar refractivity (Wildman–Crippen MR) is 73.0 cm³/mol. The van der Waals surface area contributed by atoms with Crippen LogP contribution in [0.2, 0.25) is 0 Å². The molecule has 0 bridgehead atoms. The fourth-order valence-electron chi connectivity index (χ4n) is 2.77. The fraction of sp³-hybridized carbons (Fsp3) is 0.600. The third-order valence-corrected chi connectivity index (χ3v) is 3.74. The van der Waals surface area contributed by atoms with Crippen LogP contribution in [0.4, 0.5) is 0 Å². The molecule has 2 unspecified atom stereocenters. The number of nitrogens with zero attached hydrogens (tertiary/aromatic N) is 1. The Labute approximate surface area is 105 Å². The molecule has 0 aliphatic heterocycles. The van der Waals surface area contributed by atoms with Gasteiger partial charge in [0.2, 0.25) is 0 Å². The number of nitrogens with two attached hydrogens (primary N) is 1. The van der Waals surface area contributed by atoms with E-state index in [1.54, 1.807) is 0 Å². The van der Waals surface area contributed by atoms with Crippen molar-refractivity contribution in [1.29, 1.82) is 0 Å². The molecule has 0 aromatic heterocycles. The number of aryl methyl sites for hydroxylation is 1. The van der Waals surface area contributed by atoms with E-state index in [0.717, 1.165) is 12.6 Å². The summed E-state index contributed by atoms with van der Waals surface area (Å²) in [5.41, 5.74) is 8.99. The van der Waals surface area contributed by atoms with E-state index in [9.17, 15) is 0 Å². The van der Waals surface area contributed by atoms with Gasteiger partial charge in [-0.15, -0.1) is 0 Å². The van der Waals surface area contributed by atoms with Crippen molar-refractivity contribution >= 4 is 0 Å². The summed E-state index contributed by atoms with van der Waals surface area (Å²) in [6.07, 6.45) is 2.67. The number of rotatable bonds is 5. The second kappa shape index (κ2) is 5.19. The van der Waals surface area contributed by atoms with Crippen LogP contribution in [0.15, 0.2) is 24.3 Å². The van der Waals surface area contributed by atoms with Gasteiger partial charge in [0.05, 0.1) is 6.04 Å². The molecular weight excluding hydrogens is 208 g/mol. The van der Waals surface area contributed by atoms with E-state index in [2.05, 4.69) is 49.9 Å². The summed E-state index contributed by atoms with van der Waals surface area (Å²) in [4.78, 5) is 2.58. The molecule has 0 saturated heterocycles. The molecule has 2 rings (SSSR count). The average Bonchev–Trinajstić information content (AvgIpc) is 3.10. The number of likely N-dealkylation sites (N-methyl/N-ethyl adjacent to an activating group) is 1. The Morgan fingerprint density at radius 3 is 2.47 bits per heavy atom.